The number of amides is 1. The summed E-state index contributed by atoms with van der Waals surface area (Å²) < 4.78 is 0. The second kappa shape index (κ2) is 4.80. The molecule has 1 fully saturated rings. The summed E-state index contributed by atoms with van der Waals surface area (Å²) >= 11 is 12.4. The van der Waals surface area contributed by atoms with Crippen LogP contribution in [-0.4, -0.2) is 43.9 Å². The molecule has 1 unspecified atom stereocenters. The topological polar surface area (TPSA) is 57.6 Å². The Balaban J connectivity index is 2.79. The number of halogens is 2. The van der Waals surface area contributed by atoms with Crippen LogP contribution < -0.4 is 0 Å². The molecule has 0 radical (unpaired) electrons. The van der Waals surface area contributed by atoms with Crippen LogP contribution in [-0.2, 0) is 9.59 Å². The molecule has 1 aliphatic rings. The van der Waals surface area contributed by atoms with Crippen molar-refractivity contribution in [2.45, 2.75) is 23.1 Å². The third-order valence-corrected chi connectivity index (χ3v) is 3.98. The fraction of sp³-hybridized carbons (Fsp3) is 0.750. The zero-order valence-electron chi connectivity index (χ0n) is 8.07. The standard InChI is InChI=1S/C8H11Cl2NO3S/c1-8(4-5(12)13)11(2-3-15-8)7(14)6(9)10/h6H,2-4H2,1H3,(H,12,13). The molecule has 0 aromatic rings. The van der Waals surface area contributed by atoms with Crippen molar-refractivity contribution in [3.05, 3.63) is 0 Å². The van der Waals surface area contributed by atoms with Crippen LogP contribution in [0.1, 0.15) is 13.3 Å². The molecule has 1 N–H and O–H groups in total. The van der Waals surface area contributed by atoms with E-state index in [1.54, 1.807) is 6.92 Å². The first kappa shape index (κ1) is 12.9. The minimum atomic E-state index is -1.13. The van der Waals surface area contributed by atoms with E-state index < -0.39 is 21.6 Å². The second-order valence-corrected chi connectivity index (χ2v) is 6.06. The van der Waals surface area contributed by atoms with Crippen molar-refractivity contribution < 1.29 is 14.7 Å². The lowest BCUT2D eigenvalue weighted by molar-refractivity contribution is -0.140. The van der Waals surface area contributed by atoms with Crippen LogP contribution in [0.4, 0.5) is 0 Å². The predicted octanol–water partition coefficient (Wildman–Crippen LogP) is 1.56. The van der Waals surface area contributed by atoms with E-state index >= 15 is 0 Å². The lowest BCUT2D eigenvalue weighted by Crippen LogP contribution is -2.47. The van der Waals surface area contributed by atoms with Crippen molar-refractivity contribution in [1.29, 1.82) is 0 Å². The highest BCUT2D eigenvalue weighted by atomic mass is 35.5. The van der Waals surface area contributed by atoms with Gasteiger partial charge in [0.25, 0.3) is 5.91 Å². The number of thioether (sulfide) groups is 1. The number of hydrogen-bond donors (Lipinski definition) is 1. The fourth-order valence-corrected chi connectivity index (χ4v) is 3.07. The van der Waals surface area contributed by atoms with Gasteiger partial charge in [-0.25, -0.2) is 0 Å². The van der Waals surface area contributed by atoms with Crippen LogP contribution in [0.2, 0.25) is 0 Å². The number of carboxylic acid groups (broad SMARTS) is 1. The molecule has 1 atom stereocenters. The minimum Gasteiger partial charge on any atom is -0.481 e. The predicted molar refractivity (Wildman–Crippen MR) is 60.3 cm³/mol. The molecule has 7 heteroatoms. The maximum absolute atomic E-state index is 11.6. The third-order valence-electron chi connectivity index (χ3n) is 2.23. The molecule has 15 heavy (non-hydrogen) atoms. The van der Waals surface area contributed by atoms with E-state index in [9.17, 15) is 9.59 Å². The molecule has 86 valence electrons. The Kier molecular flexibility index (Phi) is 4.14. The summed E-state index contributed by atoms with van der Waals surface area (Å²) in [5.74, 6) is -0.659. The van der Waals surface area contributed by atoms with Crippen LogP contribution in [0.5, 0.6) is 0 Å². The summed E-state index contributed by atoms with van der Waals surface area (Å²) in [4.78, 5) is 21.9. The van der Waals surface area contributed by atoms with Gasteiger partial charge in [0.1, 0.15) is 0 Å². The summed E-state index contributed by atoms with van der Waals surface area (Å²) in [6.45, 7) is 2.20. The summed E-state index contributed by atoms with van der Waals surface area (Å²) in [7, 11) is 0. The van der Waals surface area contributed by atoms with E-state index in [1.807, 2.05) is 0 Å². The SMILES string of the molecule is CC1(CC(=O)O)SCCN1C(=O)C(Cl)Cl. The molecular weight excluding hydrogens is 261 g/mol. The number of aliphatic carboxylic acids is 1. The van der Waals surface area contributed by atoms with Gasteiger partial charge < -0.3 is 10.0 Å². The molecule has 1 saturated heterocycles. The normalized spacial score (nSPS) is 26.0. The molecule has 1 rings (SSSR count). The van der Waals surface area contributed by atoms with Crippen molar-refractivity contribution in [3.63, 3.8) is 0 Å². The van der Waals surface area contributed by atoms with Gasteiger partial charge in [0, 0.05) is 12.3 Å². The van der Waals surface area contributed by atoms with Crippen LogP contribution >= 0.6 is 35.0 Å². The van der Waals surface area contributed by atoms with E-state index in [4.69, 9.17) is 28.3 Å². The summed E-state index contributed by atoms with van der Waals surface area (Å²) in [6, 6.07) is 0. The van der Waals surface area contributed by atoms with E-state index in [2.05, 4.69) is 0 Å². The van der Waals surface area contributed by atoms with Crippen molar-refractivity contribution in [1.82, 2.24) is 4.90 Å². The van der Waals surface area contributed by atoms with Crippen molar-refractivity contribution >= 4 is 46.8 Å². The average molecular weight is 272 g/mol. The van der Waals surface area contributed by atoms with Gasteiger partial charge in [0.15, 0.2) is 4.84 Å². The van der Waals surface area contributed by atoms with E-state index in [-0.39, 0.29) is 6.42 Å². The van der Waals surface area contributed by atoms with E-state index in [0.717, 1.165) is 0 Å². The Morgan fingerprint density at radius 1 is 1.60 bits per heavy atom. The molecule has 0 bridgehead atoms. The molecule has 1 aliphatic heterocycles. The number of carbonyl (C=O) groups excluding carboxylic acids is 1. The number of hydrogen-bond acceptors (Lipinski definition) is 3. The lowest BCUT2D eigenvalue weighted by atomic mass is 10.2. The Labute approximate surface area is 102 Å². The highest BCUT2D eigenvalue weighted by molar-refractivity contribution is 8.00. The van der Waals surface area contributed by atoms with Crippen molar-refractivity contribution in [2.24, 2.45) is 0 Å². The van der Waals surface area contributed by atoms with Crippen molar-refractivity contribution in [3.8, 4) is 0 Å². The molecule has 1 amide bonds. The quantitative estimate of drug-likeness (QED) is 0.792. The number of alkyl halides is 2. The average Bonchev–Trinajstić information content (AvgIpc) is 2.44. The molecule has 0 aromatic heterocycles. The largest absolute Gasteiger partial charge is 0.481 e. The zero-order chi connectivity index (χ0) is 11.6. The highest BCUT2D eigenvalue weighted by Gasteiger charge is 2.43. The first-order valence-corrected chi connectivity index (χ1v) is 6.18. The number of nitrogens with zero attached hydrogens (tertiary/aromatic N) is 1. The summed E-state index contributed by atoms with van der Waals surface area (Å²) in [5.41, 5.74) is 0. The Hall–Kier alpha value is -0.130. The first-order valence-electron chi connectivity index (χ1n) is 4.32. The smallest absolute Gasteiger partial charge is 0.306 e. The number of rotatable bonds is 3. The number of carbonyl (C=O) groups is 2. The fourth-order valence-electron chi connectivity index (χ4n) is 1.56. The van der Waals surface area contributed by atoms with Gasteiger partial charge in [-0.3, -0.25) is 9.59 Å². The zero-order valence-corrected chi connectivity index (χ0v) is 10.4. The second-order valence-electron chi connectivity index (χ2n) is 3.38. The maximum atomic E-state index is 11.6. The van der Waals surface area contributed by atoms with Gasteiger partial charge in [-0.1, -0.05) is 23.2 Å². The molecular formula is C8H11Cl2NO3S. The molecule has 0 aliphatic carbocycles. The maximum Gasteiger partial charge on any atom is 0.306 e. The van der Waals surface area contributed by atoms with Crippen LogP contribution in [0.25, 0.3) is 0 Å². The minimum absolute atomic E-state index is 0.107. The molecule has 0 spiro atoms. The Bertz CT molecular complexity index is 287. The van der Waals surface area contributed by atoms with E-state index in [1.165, 1.54) is 16.7 Å². The van der Waals surface area contributed by atoms with Gasteiger partial charge in [0.2, 0.25) is 0 Å². The molecule has 1 heterocycles. The van der Waals surface area contributed by atoms with Gasteiger partial charge >= 0.3 is 5.97 Å². The lowest BCUT2D eigenvalue weighted by Gasteiger charge is -2.33. The van der Waals surface area contributed by atoms with Gasteiger partial charge in [-0.05, 0) is 6.92 Å². The Morgan fingerprint density at radius 3 is 2.67 bits per heavy atom. The van der Waals surface area contributed by atoms with Crippen LogP contribution in [0.15, 0.2) is 0 Å². The third kappa shape index (κ3) is 2.92. The van der Waals surface area contributed by atoms with E-state index in [0.29, 0.717) is 12.3 Å². The number of carboxylic acids is 1. The summed E-state index contributed by atoms with van der Waals surface area (Å²) in [6.07, 6.45) is -0.107. The van der Waals surface area contributed by atoms with Crippen molar-refractivity contribution in [2.75, 3.05) is 12.3 Å². The van der Waals surface area contributed by atoms with Gasteiger partial charge in [-0.2, -0.15) is 0 Å². The molecule has 4 nitrogen and oxygen atoms in total. The monoisotopic (exact) mass is 271 g/mol. The van der Waals surface area contributed by atoms with Crippen LogP contribution in [0.3, 0.4) is 0 Å². The van der Waals surface area contributed by atoms with Crippen LogP contribution in [0, 0.1) is 0 Å². The highest BCUT2D eigenvalue weighted by Crippen LogP contribution is 2.39. The molecule has 0 saturated carbocycles. The Morgan fingerprint density at radius 2 is 2.20 bits per heavy atom. The van der Waals surface area contributed by atoms with Gasteiger partial charge in [0.05, 0.1) is 11.3 Å². The summed E-state index contributed by atoms with van der Waals surface area (Å²) in [5, 5.41) is 8.76. The molecule has 0 aromatic carbocycles. The van der Waals surface area contributed by atoms with Gasteiger partial charge in [-0.15, -0.1) is 11.8 Å². The first-order chi connectivity index (χ1) is 6.87.